The quantitative estimate of drug-likeness (QED) is 0.189. The van der Waals surface area contributed by atoms with E-state index in [1.165, 1.54) is 0 Å². The largest absolute Gasteiger partial charge is 0.490 e. The molecule has 0 aliphatic heterocycles. The molecule has 0 unspecified atom stereocenters. The molecule has 0 aromatic rings. The molecule has 0 saturated carbocycles. The van der Waals surface area contributed by atoms with Crippen LogP contribution < -0.4 is 22.5 Å². The number of amides is 2. The van der Waals surface area contributed by atoms with Gasteiger partial charge in [-0.3, -0.25) is 10.9 Å². The fourth-order valence-corrected chi connectivity index (χ4v) is 0.0417. The number of alkyl halides is 3. The summed E-state index contributed by atoms with van der Waals surface area (Å²) in [4.78, 5) is 18.6. The summed E-state index contributed by atoms with van der Waals surface area (Å²) in [5.41, 5.74) is 3.48. The highest BCUT2D eigenvalue weighted by molar-refractivity contribution is 5.73. The summed E-state index contributed by atoms with van der Waals surface area (Å²) in [5, 5.41) is 7.12. The zero-order chi connectivity index (χ0) is 11.1. The van der Waals surface area contributed by atoms with Crippen molar-refractivity contribution in [2.45, 2.75) is 6.18 Å². The lowest BCUT2D eigenvalue weighted by atomic mass is 10.7. The van der Waals surface area contributed by atoms with E-state index >= 15 is 0 Å². The van der Waals surface area contributed by atoms with Gasteiger partial charge in [-0.25, -0.2) is 21.3 Å². The summed E-state index contributed by atoms with van der Waals surface area (Å²) in [6, 6.07) is -0.602. The Morgan fingerprint density at radius 1 is 1.15 bits per heavy atom. The Hall–Kier alpha value is -1.55. The summed E-state index contributed by atoms with van der Waals surface area (Å²) in [6.07, 6.45) is -5.08. The third kappa shape index (κ3) is 10.4. The van der Waals surface area contributed by atoms with Crippen LogP contribution in [0.15, 0.2) is 0 Å². The number of aliphatic carboxylic acids is 1. The van der Waals surface area contributed by atoms with Crippen LogP contribution in [0.1, 0.15) is 0 Å². The van der Waals surface area contributed by atoms with Crippen LogP contribution in [0.5, 0.6) is 0 Å². The second-order valence-electron chi connectivity index (χ2n) is 1.42. The van der Waals surface area contributed by atoms with Crippen molar-refractivity contribution in [1.82, 2.24) is 10.9 Å². The molecule has 13 heavy (non-hydrogen) atoms. The number of rotatable bonds is 0. The number of carbonyl (C=O) groups is 2. The molecular weight excluding hydrogens is 197 g/mol. The Bertz CT molecular complexity index is 175. The van der Waals surface area contributed by atoms with E-state index in [9.17, 15) is 18.0 Å². The van der Waals surface area contributed by atoms with Gasteiger partial charge in [-0.1, -0.05) is 0 Å². The molecule has 0 heterocycles. The summed E-state index contributed by atoms with van der Waals surface area (Å²) in [5.74, 6) is 6.32. The standard InChI is InChI=1S/C2HF3O2.CH6N4O/c3-2(4,5)1(6)7;2-4-1(6)5-3/h(H,6,7);2-3H2,(H2,4,5,6). The fraction of sp³-hybridized carbons (Fsp3) is 0.333. The number of carboxylic acid groups (broad SMARTS) is 1. The second kappa shape index (κ2) is 6.02. The molecule has 0 aromatic heterocycles. The highest BCUT2D eigenvalue weighted by Crippen LogP contribution is 2.13. The molecule has 2 amide bonds. The average molecular weight is 204 g/mol. The zero-order valence-corrected chi connectivity index (χ0v) is 6.05. The fourth-order valence-electron chi connectivity index (χ4n) is 0.0417. The molecule has 78 valence electrons. The van der Waals surface area contributed by atoms with Gasteiger partial charge in [-0.2, -0.15) is 13.2 Å². The lowest BCUT2D eigenvalue weighted by molar-refractivity contribution is -0.192. The predicted molar refractivity (Wildman–Crippen MR) is 33.7 cm³/mol. The van der Waals surface area contributed by atoms with Gasteiger partial charge >= 0.3 is 18.2 Å². The van der Waals surface area contributed by atoms with Crippen LogP contribution in [0, 0.1) is 0 Å². The van der Waals surface area contributed by atoms with Gasteiger partial charge in [0.25, 0.3) is 0 Å². The molecule has 7 N–H and O–H groups in total. The predicted octanol–water partition coefficient (Wildman–Crippen LogP) is -1.33. The Morgan fingerprint density at radius 3 is 1.38 bits per heavy atom. The highest BCUT2D eigenvalue weighted by atomic mass is 19.4. The Morgan fingerprint density at radius 2 is 1.38 bits per heavy atom. The number of nitrogens with one attached hydrogen (secondary N) is 2. The topological polar surface area (TPSA) is 130 Å². The number of hydrazine groups is 2. The number of urea groups is 1. The van der Waals surface area contributed by atoms with E-state index in [-0.39, 0.29) is 0 Å². The molecule has 0 aliphatic carbocycles. The van der Waals surface area contributed by atoms with Gasteiger partial charge in [0.1, 0.15) is 0 Å². The zero-order valence-electron chi connectivity index (χ0n) is 6.05. The Kier molecular flexibility index (Phi) is 6.48. The van der Waals surface area contributed by atoms with E-state index in [2.05, 4.69) is 11.7 Å². The van der Waals surface area contributed by atoms with E-state index in [4.69, 9.17) is 9.90 Å². The molecule has 0 aromatic carbocycles. The molecule has 0 bridgehead atoms. The number of hydrogen-bond donors (Lipinski definition) is 5. The molecule has 7 nitrogen and oxygen atoms in total. The van der Waals surface area contributed by atoms with E-state index in [0.29, 0.717) is 0 Å². The molecule has 0 rings (SSSR count). The van der Waals surface area contributed by atoms with Gasteiger partial charge in [0, 0.05) is 0 Å². The minimum atomic E-state index is -5.08. The summed E-state index contributed by atoms with van der Waals surface area (Å²) in [6.45, 7) is 0. The molecule has 0 radical (unpaired) electrons. The number of hydrogen-bond acceptors (Lipinski definition) is 4. The van der Waals surface area contributed by atoms with Gasteiger partial charge in [-0.05, 0) is 0 Å². The van der Waals surface area contributed by atoms with Gasteiger partial charge in [-0.15, -0.1) is 0 Å². The van der Waals surface area contributed by atoms with Crippen LogP contribution in [0.25, 0.3) is 0 Å². The molecule has 0 atom stereocenters. The normalized spacial score (nSPS) is 9.31. The van der Waals surface area contributed by atoms with Crippen LogP contribution in [-0.4, -0.2) is 23.3 Å². The van der Waals surface area contributed by atoms with Crippen molar-refractivity contribution in [3.8, 4) is 0 Å². The van der Waals surface area contributed by atoms with Crippen LogP contribution in [0.3, 0.4) is 0 Å². The van der Waals surface area contributed by atoms with E-state index in [1.807, 2.05) is 0 Å². The average Bonchev–Trinajstić information content (AvgIpc) is 2.02. The summed E-state index contributed by atoms with van der Waals surface area (Å²) >= 11 is 0. The highest BCUT2D eigenvalue weighted by Gasteiger charge is 2.38. The third-order valence-electron chi connectivity index (χ3n) is 0.505. The number of carboxylic acids is 1. The maximum atomic E-state index is 10.6. The SMILES string of the molecule is NNC(=O)NN.O=C(O)C(F)(F)F. The van der Waals surface area contributed by atoms with E-state index < -0.39 is 18.2 Å². The lowest BCUT2D eigenvalue weighted by Gasteiger charge is -1.93. The smallest absolute Gasteiger partial charge is 0.475 e. The minimum absolute atomic E-state index is 0.602. The molecule has 0 aliphatic rings. The van der Waals surface area contributed by atoms with Crippen LogP contribution in [0.4, 0.5) is 18.0 Å². The van der Waals surface area contributed by atoms with Crippen molar-refractivity contribution in [2.75, 3.05) is 0 Å². The number of carbonyl (C=O) groups excluding carboxylic acids is 1. The van der Waals surface area contributed by atoms with Crippen LogP contribution in [-0.2, 0) is 4.79 Å². The molecule has 10 heteroatoms. The maximum absolute atomic E-state index is 10.6. The van der Waals surface area contributed by atoms with Crippen molar-refractivity contribution in [3.63, 3.8) is 0 Å². The molecule has 0 fully saturated rings. The van der Waals surface area contributed by atoms with Crippen LogP contribution >= 0.6 is 0 Å². The first-order chi connectivity index (χ1) is 5.75. The van der Waals surface area contributed by atoms with Crippen molar-refractivity contribution in [1.29, 1.82) is 0 Å². The van der Waals surface area contributed by atoms with E-state index in [1.54, 1.807) is 10.9 Å². The van der Waals surface area contributed by atoms with Gasteiger partial charge in [0.05, 0.1) is 0 Å². The first-order valence-electron chi connectivity index (χ1n) is 2.53. The summed E-state index contributed by atoms with van der Waals surface area (Å²) in [7, 11) is 0. The molecule has 0 spiro atoms. The number of halogens is 3. The van der Waals surface area contributed by atoms with Gasteiger partial charge in [0.2, 0.25) is 0 Å². The maximum Gasteiger partial charge on any atom is 0.490 e. The Balaban J connectivity index is 0. The minimum Gasteiger partial charge on any atom is -0.475 e. The van der Waals surface area contributed by atoms with Crippen molar-refractivity contribution in [3.05, 3.63) is 0 Å². The second-order valence-corrected chi connectivity index (χ2v) is 1.42. The van der Waals surface area contributed by atoms with Gasteiger partial charge < -0.3 is 5.11 Å². The van der Waals surface area contributed by atoms with Crippen LogP contribution in [0.2, 0.25) is 0 Å². The van der Waals surface area contributed by atoms with Crippen molar-refractivity contribution < 1.29 is 27.9 Å². The van der Waals surface area contributed by atoms with Gasteiger partial charge in [0.15, 0.2) is 0 Å². The first-order valence-corrected chi connectivity index (χ1v) is 2.53. The molecule has 0 saturated heterocycles. The monoisotopic (exact) mass is 204 g/mol. The van der Waals surface area contributed by atoms with E-state index in [0.717, 1.165) is 0 Å². The number of nitrogens with two attached hydrogens (primary N) is 2. The van der Waals surface area contributed by atoms with Crippen molar-refractivity contribution >= 4 is 12.0 Å². The molecular formula is C3H7F3N4O3. The summed E-state index contributed by atoms with van der Waals surface area (Å²) < 4.78 is 31.7. The first kappa shape index (κ1) is 14.0. The Labute approximate surface area is 69.8 Å². The lowest BCUT2D eigenvalue weighted by Crippen LogP contribution is -2.43. The van der Waals surface area contributed by atoms with Crippen molar-refractivity contribution in [2.24, 2.45) is 11.7 Å². The third-order valence-corrected chi connectivity index (χ3v) is 0.505.